The van der Waals surface area contributed by atoms with Crippen LogP contribution in [0.25, 0.3) is 5.69 Å². The number of carbonyl (C=O) groups excluding carboxylic acids is 1. The van der Waals surface area contributed by atoms with Crippen molar-refractivity contribution in [1.82, 2.24) is 9.78 Å². The number of rotatable bonds is 3. The summed E-state index contributed by atoms with van der Waals surface area (Å²) in [6, 6.07) is 6.44. The molecule has 1 aliphatic rings. The first-order valence-electron chi connectivity index (χ1n) is 7.30. The minimum atomic E-state index is -0.361. The van der Waals surface area contributed by atoms with Gasteiger partial charge in [0.25, 0.3) is 0 Å². The van der Waals surface area contributed by atoms with Crippen LogP contribution in [0.3, 0.4) is 0 Å². The largest absolute Gasteiger partial charge is 0.310 e. The van der Waals surface area contributed by atoms with Crippen LogP contribution in [-0.2, 0) is 4.79 Å². The van der Waals surface area contributed by atoms with Gasteiger partial charge in [0, 0.05) is 10.8 Å². The summed E-state index contributed by atoms with van der Waals surface area (Å²) in [5.74, 6) is 1.07. The molecule has 0 radical (unpaired) electrons. The third-order valence-electron chi connectivity index (χ3n) is 3.58. The summed E-state index contributed by atoms with van der Waals surface area (Å²) in [4.78, 5) is 12.0. The van der Waals surface area contributed by atoms with Gasteiger partial charge in [-0.2, -0.15) is 5.10 Å². The Labute approximate surface area is 133 Å². The number of carbonyl (C=O) groups is 1. The lowest BCUT2D eigenvalue weighted by Crippen LogP contribution is -2.16. The van der Waals surface area contributed by atoms with Gasteiger partial charge in [-0.25, -0.2) is 9.07 Å². The van der Waals surface area contributed by atoms with Gasteiger partial charge in [-0.15, -0.1) is 11.8 Å². The van der Waals surface area contributed by atoms with E-state index < -0.39 is 0 Å². The van der Waals surface area contributed by atoms with Gasteiger partial charge in [0.05, 0.1) is 11.9 Å². The molecule has 0 aliphatic carbocycles. The molecule has 0 saturated heterocycles. The lowest BCUT2D eigenvalue weighted by molar-refractivity contribution is -0.113. The predicted molar refractivity (Wildman–Crippen MR) is 86.8 cm³/mol. The van der Waals surface area contributed by atoms with E-state index in [9.17, 15) is 9.18 Å². The molecular weight excluding hydrogens is 301 g/mol. The molecule has 0 fully saturated rings. The maximum absolute atomic E-state index is 14.1. The highest BCUT2D eigenvalue weighted by molar-refractivity contribution is 8.00. The van der Waals surface area contributed by atoms with Gasteiger partial charge in [0.2, 0.25) is 5.91 Å². The van der Waals surface area contributed by atoms with Gasteiger partial charge in [-0.05, 0) is 24.5 Å². The van der Waals surface area contributed by atoms with E-state index in [0.29, 0.717) is 23.2 Å². The fourth-order valence-corrected chi connectivity index (χ4v) is 3.88. The van der Waals surface area contributed by atoms with E-state index >= 15 is 0 Å². The van der Waals surface area contributed by atoms with Crippen molar-refractivity contribution in [1.29, 1.82) is 0 Å². The van der Waals surface area contributed by atoms with Crippen molar-refractivity contribution in [2.24, 2.45) is 5.92 Å². The van der Waals surface area contributed by atoms with Crippen LogP contribution in [-0.4, -0.2) is 21.4 Å². The van der Waals surface area contributed by atoms with E-state index in [4.69, 9.17) is 0 Å². The molecule has 22 heavy (non-hydrogen) atoms. The first-order valence-corrected chi connectivity index (χ1v) is 8.35. The fourth-order valence-electron chi connectivity index (χ4n) is 2.59. The molecule has 1 aromatic carbocycles. The Balaban J connectivity index is 2.07. The van der Waals surface area contributed by atoms with Gasteiger partial charge in [0.1, 0.15) is 17.3 Å². The Morgan fingerprint density at radius 2 is 2.23 bits per heavy atom. The van der Waals surface area contributed by atoms with Crippen molar-refractivity contribution in [3.63, 3.8) is 0 Å². The van der Waals surface area contributed by atoms with Crippen molar-refractivity contribution >= 4 is 23.5 Å². The molecular formula is C16H18FN3OS. The van der Waals surface area contributed by atoms with Crippen molar-refractivity contribution in [3.05, 3.63) is 41.8 Å². The third kappa shape index (κ3) is 2.88. The number of nitrogens with one attached hydrogen (secondary N) is 1. The van der Waals surface area contributed by atoms with Gasteiger partial charge >= 0.3 is 0 Å². The molecule has 6 heteroatoms. The fraction of sp³-hybridized carbons (Fsp3) is 0.375. The molecule has 1 aromatic heterocycles. The number of hydrogen-bond donors (Lipinski definition) is 1. The average molecular weight is 319 g/mol. The van der Waals surface area contributed by atoms with E-state index in [-0.39, 0.29) is 17.0 Å². The van der Waals surface area contributed by atoms with E-state index in [1.807, 2.05) is 0 Å². The number of benzene rings is 1. The number of amides is 1. The third-order valence-corrected chi connectivity index (χ3v) is 4.86. The molecule has 0 spiro atoms. The topological polar surface area (TPSA) is 46.9 Å². The summed E-state index contributed by atoms with van der Waals surface area (Å²) in [7, 11) is 0. The maximum atomic E-state index is 14.1. The molecule has 116 valence electrons. The van der Waals surface area contributed by atoms with E-state index in [1.165, 1.54) is 10.7 Å². The second-order valence-electron chi connectivity index (χ2n) is 5.79. The summed E-state index contributed by atoms with van der Waals surface area (Å²) >= 11 is 1.62. The molecule has 3 rings (SSSR count). The van der Waals surface area contributed by atoms with Crippen LogP contribution in [0.15, 0.2) is 30.5 Å². The highest BCUT2D eigenvalue weighted by atomic mass is 32.2. The second-order valence-corrected chi connectivity index (χ2v) is 6.98. The molecule has 2 heterocycles. The zero-order chi connectivity index (χ0) is 15.7. The standard InChI is InChI=1S/C16H18FN3OS/c1-10(2)7-14-11-8-18-20(13-6-4-3-5-12(13)17)16(11)19-15(21)9-22-14/h3-6,8,10,14H,7,9H2,1-2H3,(H,19,21)/t14-/m1/s1. The second kappa shape index (κ2) is 6.12. The summed E-state index contributed by atoms with van der Waals surface area (Å²) in [6.07, 6.45) is 2.70. The van der Waals surface area contributed by atoms with Crippen molar-refractivity contribution in [3.8, 4) is 5.69 Å². The van der Waals surface area contributed by atoms with Crippen molar-refractivity contribution < 1.29 is 9.18 Å². The Morgan fingerprint density at radius 1 is 1.45 bits per heavy atom. The smallest absolute Gasteiger partial charge is 0.235 e. The minimum absolute atomic E-state index is 0.0735. The van der Waals surface area contributed by atoms with E-state index in [2.05, 4.69) is 24.3 Å². The molecule has 1 amide bonds. The Morgan fingerprint density at radius 3 is 2.95 bits per heavy atom. The molecule has 1 atom stereocenters. The van der Waals surface area contributed by atoms with Crippen LogP contribution < -0.4 is 5.32 Å². The minimum Gasteiger partial charge on any atom is -0.310 e. The Bertz CT molecular complexity index is 698. The summed E-state index contributed by atoms with van der Waals surface area (Å²) in [5.41, 5.74) is 1.31. The zero-order valence-corrected chi connectivity index (χ0v) is 13.4. The number of hydrogen-bond acceptors (Lipinski definition) is 3. The molecule has 0 unspecified atom stereocenters. The molecule has 4 nitrogen and oxygen atoms in total. The number of para-hydroxylation sites is 1. The Hall–Kier alpha value is -1.82. The number of thioether (sulfide) groups is 1. The number of aromatic nitrogens is 2. The SMILES string of the molecule is CC(C)C[C@H]1SCC(=O)Nc2c1cnn2-c1ccccc1F. The highest BCUT2D eigenvalue weighted by Crippen LogP contribution is 2.41. The first kappa shape index (κ1) is 15.1. The maximum Gasteiger partial charge on any atom is 0.235 e. The molecule has 1 aliphatic heterocycles. The van der Waals surface area contributed by atoms with E-state index in [1.54, 1.807) is 36.2 Å². The molecule has 0 saturated carbocycles. The number of halogens is 1. The predicted octanol–water partition coefficient (Wildman–Crippen LogP) is 3.78. The molecule has 2 aromatic rings. The quantitative estimate of drug-likeness (QED) is 0.936. The lowest BCUT2D eigenvalue weighted by Gasteiger charge is -2.15. The number of anilines is 1. The van der Waals surface area contributed by atoms with Gasteiger partial charge in [0.15, 0.2) is 0 Å². The van der Waals surface area contributed by atoms with Crippen LogP contribution in [0.4, 0.5) is 10.2 Å². The van der Waals surface area contributed by atoms with Crippen LogP contribution >= 0.6 is 11.8 Å². The van der Waals surface area contributed by atoms with Gasteiger partial charge in [-0.3, -0.25) is 4.79 Å². The molecule has 0 bridgehead atoms. The summed E-state index contributed by atoms with van der Waals surface area (Å²) < 4.78 is 15.5. The van der Waals surface area contributed by atoms with Crippen molar-refractivity contribution in [2.75, 3.05) is 11.1 Å². The Kier molecular flexibility index (Phi) is 4.20. The van der Waals surface area contributed by atoms with Crippen LogP contribution in [0.2, 0.25) is 0 Å². The average Bonchev–Trinajstić information content (AvgIpc) is 2.80. The van der Waals surface area contributed by atoms with Crippen molar-refractivity contribution in [2.45, 2.75) is 25.5 Å². The lowest BCUT2D eigenvalue weighted by atomic mass is 10.0. The van der Waals surface area contributed by atoms with Crippen LogP contribution in [0, 0.1) is 11.7 Å². The van der Waals surface area contributed by atoms with Crippen LogP contribution in [0.5, 0.6) is 0 Å². The number of nitrogens with zero attached hydrogens (tertiary/aromatic N) is 2. The summed E-state index contributed by atoms with van der Waals surface area (Å²) in [6.45, 7) is 4.31. The molecule has 1 N–H and O–H groups in total. The van der Waals surface area contributed by atoms with Gasteiger partial charge < -0.3 is 5.32 Å². The highest BCUT2D eigenvalue weighted by Gasteiger charge is 2.27. The van der Waals surface area contributed by atoms with E-state index in [0.717, 1.165) is 12.0 Å². The van der Waals surface area contributed by atoms with Crippen LogP contribution in [0.1, 0.15) is 31.1 Å². The summed E-state index contributed by atoms with van der Waals surface area (Å²) in [5, 5.41) is 7.37. The zero-order valence-electron chi connectivity index (χ0n) is 12.5. The monoisotopic (exact) mass is 319 g/mol. The van der Waals surface area contributed by atoms with Gasteiger partial charge in [-0.1, -0.05) is 26.0 Å². The normalized spacial score (nSPS) is 18.0. The first-order chi connectivity index (χ1) is 10.6. The number of fused-ring (bicyclic) bond motifs is 1.